The number of thiophene rings is 1. The van der Waals surface area contributed by atoms with Gasteiger partial charge < -0.3 is 9.47 Å². The number of hydrogen-bond acceptors (Lipinski definition) is 5. The van der Waals surface area contributed by atoms with Gasteiger partial charge in [-0.05, 0) is 59.9 Å². The SMILES string of the molecule is CCCc1c(CC)sc(NC(=O)OC(C)(C)C)c1NC(=O)OC(C)(C)C. The molecule has 0 radical (unpaired) electrons. The van der Waals surface area contributed by atoms with Gasteiger partial charge in [-0.2, -0.15) is 0 Å². The highest BCUT2D eigenvalue weighted by Gasteiger charge is 2.24. The molecule has 2 amide bonds. The van der Waals surface area contributed by atoms with Crippen LogP contribution in [0, 0.1) is 0 Å². The lowest BCUT2D eigenvalue weighted by molar-refractivity contribution is 0.0621. The number of hydrogen-bond donors (Lipinski definition) is 2. The van der Waals surface area contributed by atoms with Gasteiger partial charge in [0, 0.05) is 4.88 Å². The molecule has 0 bridgehead atoms. The Balaban J connectivity index is 3.15. The minimum absolute atomic E-state index is 0.539. The van der Waals surface area contributed by atoms with Crippen LogP contribution in [0.4, 0.5) is 20.3 Å². The maximum atomic E-state index is 12.3. The Kier molecular flexibility index (Phi) is 7.50. The van der Waals surface area contributed by atoms with Crippen LogP contribution in [0.15, 0.2) is 0 Å². The molecule has 1 aromatic heterocycles. The summed E-state index contributed by atoms with van der Waals surface area (Å²) in [6.07, 6.45) is 1.47. The summed E-state index contributed by atoms with van der Waals surface area (Å²) in [4.78, 5) is 25.6. The summed E-state index contributed by atoms with van der Waals surface area (Å²) in [6, 6.07) is 0. The molecule has 0 aliphatic rings. The first kappa shape index (κ1) is 22.3. The molecule has 1 rings (SSSR count). The number of rotatable bonds is 5. The summed E-state index contributed by atoms with van der Waals surface area (Å²) in [5, 5.41) is 6.17. The largest absolute Gasteiger partial charge is 0.444 e. The van der Waals surface area contributed by atoms with Gasteiger partial charge in [-0.1, -0.05) is 20.3 Å². The first-order valence-corrected chi connectivity index (χ1v) is 9.82. The molecule has 0 fully saturated rings. The summed E-state index contributed by atoms with van der Waals surface area (Å²) >= 11 is 1.46. The third-order valence-electron chi connectivity index (χ3n) is 3.15. The third-order valence-corrected chi connectivity index (χ3v) is 4.44. The zero-order chi connectivity index (χ0) is 20.1. The molecule has 1 aromatic rings. The number of carbonyl (C=O) groups is 2. The number of carbonyl (C=O) groups excluding carboxylic acids is 2. The predicted octanol–water partition coefficient (Wildman–Crippen LogP) is 5.96. The van der Waals surface area contributed by atoms with E-state index in [4.69, 9.17) is 9.47 Å². The van der Waals surface area contributed by atoms with E-state index in [-0.39, 0.29) is 0 Å². The molecule has 0 spiro atoms. The van der Waals surface area contributed by atoms with Crippen LogP contribution in [0.3, 0.4) is 0 Å². The zero-order valence-corrected chi connectivity index (χ0v) is 18.0. The molecule has 148 valence electrons. The van der Waals surface area contributed by atoms with E-state index >= 15 is 0 Å². The second-order valence-corrected chi connectivity index (χ2v) is 9.17. The van der Waals surface area contributed by atoms with Crippen molar-refractivity contribution in [1.29, 1.82) is 0 Å². The highest BCUT2D eigenvalue weighted by atomic mass is 32.1. The molecule has 0 aromatic carbocycles. The lowest BCUT2D eigenvalue weighted by atomic mass is 10.1. The van der Waals surface area contributed by atoms with Gasteiger partial charge in [-0.15, -0.1) is 11.3 Å². The topological polar surface area (TPSA) is 76.7 Å². The van der Waals surface area contributed by atoms with E-state index < -0.39 is 23.4 Å². The lowest BCUT2D eigenvalue weighted by Crippen LogP contribution is -2.29. The predicted molar refractivity (Wildman–Crippen MR) is 107 cm³/mol. The van der Waals surface area contributed by atoms with Crippen molar-refractivity contribution in [3.05, 3.63) is 10.4 Å². The van der Waals surface area contributed by atoms with Crippen molar-refractivity contribution in [3.63, 3.8) is 0 Å². The van der Waals surface area contributed by atoms with E-state index in [1.807, 2.05) is 20.8 Å². The summed E-state index contributed by atoms with van der Waals surface area (Å²) < 4.78 is 10.7. The Hall–Kier alpha value is -1.76. The van der Waals surface area contributed by atoms with Crippen LogP contribution >= 0.6 is 11.3 Å². The highest BCUT2D eigenvalue weighted by molar-refractivity contribution is 7.17. The van der Waals surface area contributed by atoms with Crippen molar-refractivity contribution < 1.29 is 19.1 Å². The summed E-state index contributed by atoms with van der Waals surface area (Å²) in [6.45, 7) is 15.0. The van der Waals surface area contributed by atoms with Gasteiger partial charge in [0.1, 0.15) is 16.2 Å². The van der Waals surface area contributed by atoms with E-state index in [9.17, 15) is 9.59 Å². The van der Waals surface area contributed by atoms with Crippen molar-refractivity contribution in [3.8, 4) is 0 Å². The average Bonchev–Trinajstić information content (AvgIpc) is 2.73. The van der Waals surface area contributed by atoms with E-state index in [1.165, 1.54) is 11.3 Å². The Bertz CT molecular complexity index is 639. The van der Waals surface area contributed by atoms with Crippen LogP contribution in [-0.4, -0.2) is 23.4 Å². The second-order valence-electron chi connectivity index (χ2n) is 8.07. The van der Waals surface area contributed by atoms with Crippen LogP contribution in [0.1, 0.15) is 72.3 Å². The van der Waals surface area contributed by atoms with Gasteiger partial charge in [0.15, 0.2) is 0 Å². The summed E-state index contributed by atoms with van der Waals surface area (Å²) in [7, 11) is 0. The minimum atomic E-state index is -0.600. The quantitative estimate of drug-likeness (QED) is 0.657. The van der Waals surface area contributed by atoms with Crippen LogP contribution in [0.2, 0.25) is 0 Å². The summed E-state index contributed by atoms with van der Waals surface area (Å²) in [5.41, 5.74) is 0.447. The fraction of sp³-hybridized carbons (Fsp3) is 0.684. The molecule has 0 aliphatic carbocycles. The molecule has 6 nitrogen and oxygen atoms in total. The summed E-state index contributed by atoms with van der Waals surface area (Å²) in [5.74, 6) is 0. The van der Waals surface area contributed by atoms with Crippen molar-refractivity contribution in [1.82, 2.24) is 0 Å². The van der Waals surface area contributed by atoms with E-state index in [0.717, 1.165) is 29.7 Å². The Morgan fingerprint density at radius 2 is 1.42 bits per heavy atom. The van der Waals surface area contributed by atoms with Crippen molar-refractivity contribution in [2.75, 3.05) is 10.6 Å². The number of ether oxygens (including phenoxy) is 2. The van der Waals surface area contributed by atoms with Crippen LogP contribution in [-0.2, 0) is 22.3 Å². The lowest BCUT2D eigenvalue weighted by Gasteiger charge is -2.21. The van der Waals surface area contributed by atoms with Gasteiger partial charge in [0.05, 0.1) is 5.69 Å². The standard InChI is InChI=1S/C19H32N2O4S/c1-9-11-12-13(10-2)26-15(21-17(23)25-19(6,7)8)14(12)20-16(22)24-18(3,4)5/h9-11H2,1-8H3,(H,20,22)(H,21,23). The highest BCUT2D eigenvalue weighted by Crippen LogP contribution is 2.40. The number of amides is 2. The van der Waals surface area contributed by atoms with Crippen molar-refractivity contribution >= 4 is 34.2 Å². The zero-order valence-electron chi connectivity index (χ0n) is 17.2. The van der Waals surface area contributed by atoms with Gasteiger partial charge in [0.2, 0.25) is 0 Å². The normalized spacial score (nSPS) is 11.8. The minimum Gasteiger partial charge on any atom is -0.444 e. The Morgan fingerprint density at radius 3 is 1.85 bits per heavy atom. The molecular formula is C19H32N2O4S. The van der Waals surface area contributed by atoms with Gasteiger partial charge in [0.25, 0.3) is 0 Å². The second kappa shape index (κ2) is 8.75. The Morgan fingerprint density at radius 1 is 0.923 bits per heavy atom. The van der Waals surface area contributed by atoms with Crippen molar-refractivity contribution in [2.24, 2.45) is 0 Å². The maximum Gasteiger partial charge on any atom is 0.412 e. The fourth-order valence-corrected chi connectivity index (χ4v) is 3.46. The number of aryl methyl sites for hydroxylation is 1. The van der Waals surface area contributed by atoms with E-state index in [1.54, 1.807) is 20.8 Å². The molecule has 2 N–H and O–H groups in total. The maximum absolute atomic E-state index is 12.3. The molecule has 0 unspecified atom stereocenters. The van der Waals surface area contributed by atoms with Crippen LogP contribution in [0.5, 0.6) is 0 Å². The van der Waals surface area contributed by atoms with Gasteiger partial charge >= 0.3 is 12.2 Å². The van der Waals surface area contributed by atoms with Crippen molar-refractivity contribution in [2.45, 2.75) is 85.9 Å². The molecular weight excluding hydrogens is 352 g/mol. The van der Waals surface area contributed by atoms with Gasteiger partial charge in [-0.25, -0.2) is 9.59 Å². The van der Waals surface area contributed by atoms with E-state index in [2.05, 4.69) is 24.5 Å². The molecule has 1 heterocycles. The monoisotopic (exact) mass is 384 g/mol. The molecule has 0 atom stereocenters. The first-order valence-electron chi connectivity index (χ1n) is 9.00. The number of anilines is 2. The smallest absolute Gasteiger partial charge is 0.412 e. The van der Waals surface area contributed by atoms with Crippen LogP contribution in [0.25, 0.3) is 0 Å². The molecule has 26 heavy (non-hydrogen) atoms. The van der Waals surface area contributed by atoms with Gasteiger partial charge in [-0.3, -0.25) is 10.6 Å². The molecule has 0 aliphatic heterocycles. The Labute approximate surface area is 160 Å². The first-order chi connectivity index (χ1) is 11.9. The third kappa shape index (κ3) is 7.23. The van der Waals surface area contributed by atoms with Crippen LogP contribution < -0.4 is 10.6 Å². The molecule has 0 saturated heterocycles. The average molecular weight is 385 g/mol. The molecule has 7 heteroatoms. The molecule has 0 saturated carbocycles. The number of nitrogens with one attached hydrogen (secondary N) is 2. The van der Waals surface area contributed by atoms with E-state index in [0.29, 0.717) is 10.7 Å². The fourth-order valence-electron chi connectivity index (χ4n) is 2.33.